The van der Waals surface area contributed by atoms with Gasteiger partial charge in [-0.3, -0.25) is 0 Å². The minimum Gasteiger partial charge on any atom is -0.345 e. The highest BCUT2D eigenvalue weighted by Crippen LogP contribution is 2.25. The van der Waals surface area contributed by atoms with Crippen molar-refractivity contribution in [2.24, 2.45) is 4.99 Å². The number of hydrogen-bond acceptors (Lipinski definition) is 3. The molecular formula is C11H9Cl2N3S. The zero-order chi connectivity index (χ0) is 12.3. The van der Waals surface area contributed by atoms with Gasteiger partial charge >= 0.3 is 0 Å². The minimum atomic E-state index is 0.551. The summed E-state index contributed by atoms with van der Waals surface area (Å²) in [7, 11) is 0. The van der Waals surface area contributed by atoms with Crippen LogP contribution in [0, 0.1) is 11.5 Å². The Labute approximate surface area is 114 Å². The normalized spacial score (nSPS) is 17.5. The summed E-state index contributed by atoms with van der Waals surface area (Å²) in [5.74, 6) is 0.960. The Morgan fingerprint density at radius 1 is 1.41 bits per heavy atom. The molecule has 1 aliphatic rings. The molecule has 0 radical (unpaired) electrons. The summed E-state index contributed by atoms with van der Waals surface area (Å²) in [4.78, 5) is 5.86. The van der Waals surface area contributed by atoms with Gasteiger partial charge in [-0.1, -0.05) is 41.0 Å². The van der Waals surface area contributed by atoms with E-state index < -0.39 is 0 Å². The van der Waals surface area contributed by atoms with E-state index in [2.05, 4.69) is 9.89 Å². The Morgan fingerprint density at radius 3 is 2.94 bits per heavy atom. The van der Waals surface area contributed by atoms with E-state index in [9.17, 15) is 0 Å². The van der Waals surface area contributed by atoms with Gasteiger partial charge in [-0.2, -0.15) is 5.26 Å². The van der Waals surface area contributed by atoms with E-state index in [0.29, 0.717) is 16.6 Å². The van der Waals surface area contributed by atoms with Crippen molar-refractivity contribution < 1.29 is 0 Å². The van der Waals surface area contributed by atoms with Crippen LogP contribution in [0.25, 0.3) is 0 Å². The summed E-state index contributed by atoms with van der Waals surface area (Å²) in [5.41, 5.74) is 1.06. The lowest BCUT2D eigenvalue weighted by Crippen LogP contribution is -2.23. The van der Waals surface area contributed by atoms with Crippen LogP contribution in [0.3, 0.4) is 0 Å². The number of amidine groups is 1. The predicted octanol–water partition coefficient (Wildman–Crippen LogP) is 3.38. The van der Waals surface area contributed by atoms with E-state index in [1.54, 1.807) is 17.8 Å². The van der Waals surface area contributed by atoms with Crippen molar-refractivity contribution >= 4 is 40.1 Å². The van der Waals surface area contributed by atoms with Gasteiger partial charge in [-0.25, -0.2) is 0 Å². The zero-order valence-corrected chi connectivity index (χ0v) is 11.2. The molecule has 0 amide bonds. The van der Waals surface area contributed by atoms with E-state index in [1.807, 2.05) is 18.3 Å². The smallest absolute Gasteiger partial charge is 0.208 e. The molecule has 88 valence electrons. The van der Waals surface area contributed by atoms with Crippen LogP contribution in [0.15, 0.2) is 23.2 Å². The van der Waals surface area contributed by atoms with E-state index in [-0.39, 0.29) is 0 Å². The maximum atomic E-state index is 8.57. The summed E-state index contributed by atoms with van der Waals surface area (Å²) < 4.78 is 0. The average Bonchev–Trinajstić information content (AvgIpc) is 2.72. The predicted molar refractivity (Wildman–Crippen MR) is 72.4 cm³/mol. The van der Waals surface area contributed by atoms with Gasteiger partial charge in [-0.05, 0) is 17.7 Å². The number of nitrogens with zero attached hydrogens (tertiary/aromatic N) is 3. The highest BCUT2D eigenvalue weighted by atomic mass is 35.5. The number of aliphatic imine (C=N–C) groups is 1. The van der Waals surface area contributed by atoms with E-state index >= 15 is 0 Å². The third kappa shape index (κ3) is 3.06. The molecule has 0 atom stereocenters. The van der Waals surface area contributed by atoms with Crippen LogP contribution in [-0.4, -0.2) is 22.4 Å². The van der Waals surface area contributed by atoms with Crippen molar-refractivity contribution in [3.8, 4) is 6.19 Å². The van der Waals surface area contributed by atoms with Crippen LogP contribution in [0.4, 0.5) is 0 Å². The number of benzene rings is 1. The van der Waals surface area contributed by atoms with Crippen LogP contribution in [0.2, 0.25) is 10.0 Å². The average molecular weight is 286 g/mol. The molecule has 1 aromatic carbocycles. The second-order valence-corrected chi connectivity index (χ2v) is 5.39. The molecule has 0 aliphatic carbocycles. The lowest BCUT2D eigenvalue weighted by molar-refractivity contribution is 0.457. The molecule has 0 unspecified atom stereocenters. The van der Waals surface area contributed by atoms with Crippen LogP contribution in [-0.2, 0) is 6.54 Å². The summed E-state index contributed by atoms with van der Waals surface area (Å²) in [6.45, 7) is 1.59. The highest BCUT2D eigenvalue weighted by Gasteiger charge is 2.19. The van der Waals surface area contributed by atoms with Gasteiger partial charge in [0.25, 0.3) is 0 Å². The Bertz CT molecular complexity index is 496. The number of rotatable bonds is 2. The van der Waals surface area contributed by atoms with Crippen molar-refractivity contribution in [1.29, 1.82) is 5.26 Å². The first-order valence-electron chi connectivity index (χ1n) is 4.99. The van der Waals surface area contributed by atoms with Gasteiger partial charge < -0.3 is 4.90 Å². The fourth-order valence-corrected chi connectivity index (χ4v) is 2.84. The van der Waals surface area contributed by atoms with Crippen molar-refractivity contribution in [2.45, 2.75) is 6.54 Å². The van der Waals surface area contributed by atoms with Crippen LogP contribution in [0.1, 0.15) is 5.56 Å². The molecule has 1 saturated heterocycles. The van der Waals surface area contributed by atoms with Gasteiger partial charge in [0.1, 0.15) is 0 Å². The van der Waals surface area contributed by atoms with Gasteiger partial charge in [0.15, 0.2) is 5.17 Å². The standard InChI is InChI=1S/C11H9Cl2N3S/c12-9-2-1-8(5-10(9)13)6-16-3-4-17-11(16)15-7-14/h1-2,5H,3-4,6H2. The molecule has 1 aromatic rings. The van der Waals surface area contributed by atoms with Gasteiger partial charge in [0, 0.05) is 18.8 Å². The van der Waals surface area contributed by atoms with Crippen molar-refractivity contribution in [3.63, 3.8) is 0 Å². The van der Waals surface area contributed by atoms with E-state index in [1.165, 1.54) is 0 Å². The number of thioether (sulfide) groups is 1. The number of halogens is 2. The number of hydrogen-bond donors (Lipinski definition) is 0. The van der Waals surface area contributed by atoms with Crippen LogP contribution in [0.5, 0.6) is 0 Å². The molecule has 0 spiro atoms. The van der Waals surface area contributed by atoms with Gasteiger partial charge in [0.05, 0.1) is 10.0 Å². The fourth-order valence-electron chi connectivity index (χ4n) is 1.58. The van der Waals surface area contributed by atoms with Crippen molar-refractivity contribution in [2.75, 3.05) is 12.3 Å². The first-order valence-corrected chi connectivity index (χ1v) is 6.73. The lowest BCUT2D eigenvalue weighted by Gasteiger charge is -2.17. The molecule has 17 heavy (non-hydrogen) atoms. The largest absolute Gasteiger partial charge is 0.345 e. The molecule has 3 nitrogen and oxygen atoms in total. The second-order valence-electron chi connectivity index (χ2n) is 3.51. The molecule has 1 fully saturated rings. The topological polar surface area (TPSA) is 39.4 Å². The summed E-state index contributed by atoms with van der Waals surface area (Å²) in [6.07, 6.45) is 1.82. The first kappa shape index (κ1) is 12.6. The summed E-state index contributed by atoms with van der Waals surface area (Å²) in [6, 6.07) is 5.56. The van der Waals surface area contributed by atoms with Gasteiger partial charge in [-0.15, -0.1) is 4.99 Å². The third-order valence-corrected chi connectivity index (χ3v) is 4.10. The second kappa shape index (κ2) is 5.63. The molecule has 1 aliphatic heterocycles. The summed E-state index contributed by atoms with van der Waals surface area (Å²) in [5, 5.41) is 10.5. The molecule has 0 aromatic heterocycles. The molecule has 0 saturated carbocycles. The monoisotopic (exact) mass is 285 g/mol. The first-order chi connectivity index (χ1) is 8.20. The Kier molecular flexibility index (Phi) is 4.16. The van der Waals surface area contributed by atoms with E-state index in [0.717, 1.165) is 23.0 Å². The maximum absolute atomic E-state index is 8.57. The minimum absolute atomic E-state index is 0.551. The SMILES string of the molecule is N#CN=C1SCCN1Cc1ccc(Cl)c(Cl)c1. The molecular weight excluding hydrogens is 277 g/mol. The Morgan fingerprint density at radius 2 is 2.24 bits per heavy atom. The van der Waals surface area contributed by atoms with Crippen LogP contribution >= 0.6 is 35.0 Å². The molecule has 6 heteroatoms. The van der Waals surface area contributed by atoms with Crippen molar-refractivity contribution in [1.82, 2.24) is 4.90 Å². The lowest BCUT2D eigenvalue weighted by atomic mass is 10.2. The van der Waals surface area contributed by atoms with Gasteiger partial charge in [0.2, 0.25) is 6.19 Å². The fraction of sp³-hybridized carbons (Fsp3) is 0.273. The third-order valence-electron chi connectivity index (χ3n) is 2.37. The van der Waals surface area contributed by atoms with E-state index in [4.69, 9.17) is 28.5 Å². The maximum Gasteiger partial charge on any atom is 0.208 e. The quantitative estimate of drug-likeness (QED) is 0.782. The summed E-state index contributed by atoms with van der Waals surface area (Å²) >= 11 is 13.4. The highest BCUT2D eigenvalue weighted by molar-refractivity contribution is 8.14. The molecule has 2 rings (SSSR count). The molecule has 0 bridgehead atoms. The Balaban J connectivity index is 2.13. The van der Waals surface area contributed by atoms with Crippen molar-refractivity contribution in [3.05, 3.63) is 33.8 Å². The molecule has 0 N–H and O–H groups in total. The number of nitriles is 1. The van der Waals surface area contributed by atoms with Crippen LogP contribution < -0.4 is 0 Å². The zero-order valence-electron chi connectivity index (χ0n) is 8.86. The molecule has 1 heterocycles. The Hall–Kier alpha value is -0.890.